The van der Waals surface area contributed by atoms with E-state index < -0.39 is 0 Å². The molecule has 8 heteroatoms. The highest BCUT2D eigenvalue weighted by atomic mass is 35.5. The third-order valence-electron chi connectivity index (χ3n) is 3.72. The topological polar surface area (TPSA) is 66.0 Å². The molecule has 6 nitrogen and oxygen atoms in total. The molecule has 2 heterocycles. The number of nitrogens with one attached hydrogen (secondary N) is 2. The van der Waals surface area contributed by atoms with Gasteiger partial charge in [-0.15, -0.1) is 0 Å². The molecule has 3 aromatic rings. The number of rotatable bonds is 7. The van der Waals surface area contributed by atoms with Crippen molar-refractivity contribution in [2.75, 3.05) is 37.8 Å². The first-order chi connectivity index (χ1) is 13.0. The van der Waals surface area contributed by atoms with E-state index in [9.17, 15) is 0 Å². The summed E-state index contributed by atoms with van der Waals surface area (Å²) in [6, 6.07) is 11.0. The molecule has 0 bridgehead atoms. The van der Waals surface area contributed by atoms with E-state index in [0.29, 0.717) is 21.8 Å². The number of hydrogen-bond donors (Lipinski definition) is 2. The van der Waals surface area contributed by atoms with E-state index >= 15 is 0 Å². The zero-order chi connectivity index (χ0) is 19.2. The van der Waals surface area contributed by atoms with Crippen LogP contribution in [0.1, 0.15) is 0 Å². The number of nitrogens with zero attached hydrogens (tertiary/aromatic N) is 4. The van der Waals surface area contributed by atoms with Crippen molar-refractivity contribution in [1.29, 1.82) is 0 Å². The maximum atomic E-state index is 6.27. The smallest absolute Gasteiger partial charge is 0.225 e. The Hall–Kier alpha value is -2.41. The summed E-state index contributed by atoms with van der Waals surface area (Å²) in [5.41, 5.74) is 2.38. The van der Waals surface area contributed by atoms with Gasteiger partial charge in [0, 0.05) is 42.1 Å². The Morgan fingerprint density at radius 2 is 1.93 bits per heavy atom. The molecule has 27 heavy (non-hydrogen) atoms. The van der Waals surface area contributed by atoms with Crippen LogP contribution in [-0.4, -0.2) is 47.0 Å². The molecule has 0 unspecified atom stereocenters. The summed E-state index contributed by atoms with van der Waals surface area (Å²) in [4.78, 5) is 15.4. The maximum absolute atomic E-state index is 6.27. The van der Waals surface area contributed by atoms with Gasteiger partial charge in [0.15, 0.2) is 0 Å². The van der Waals surface area contributed by atoms with Gasteiger partial charge in [0.1, 0.15) is 5.82 Å². The van der Waals surface area contributed by atoms with Gasteiger partial charge in [0.2, 0.25) is 5.95 Å². The summed E-state index contributed by atoms with van der Waals surface area (Å²) in [5, 5.41) is 7.59. The minimum absolute atomic E-state index is 0.520. The SMILES string of the molecule is CN(C)CCNc1nc(Nc2ccc(Cl)cc2Cl)cc(-c2cccnc2)n1. The predicted octanol–water partition coefficient (Wildman–Crippen LogP) is 4.56. The van der Waals surface area contributed by atoms with Crippen molar-refractivity contribution in [1.82, 2.24) is 19.9 Å². The molecule has 0 amide bonds. The first kappa shape index (κ1) is 19.4. The van der Waals surface area contributed by atoms with E-state index in [1.165, 1.54) is 0 Å². The van der Waals surface area contributed by atoms with Crippen molar-refractivity contribution in [3.8, 4) is 11.3 Å². The molecule has 1 aromatic carbocycles. The fourth-order valence-corrected chi connectivity index (χ4v) is 2.83. The quantitative estimate of drug-likeness (QED) is 0.603. The Kier molecular flexibility index (Phi) is 6.45. The van der Waals surface area contributed by atoms with Crippen molar-refractivity contribution in [3.63, 3.8) is 0 Å². The third-order valence-corrected chi connectivity index (χ3v) is 4.27. The highest BCUT2D eigenvalue weighted by Gasteiger charge is 2.09. The van der Waals surface area contributed by atoms with E-state index in [2.05, 4.69) is 30.5 Å². The highest BCUT2D eigenvalue weighted by molar-refractivity contribution is 6.36. The van der Waals surface area contributed by atoms with Gasteiger partial charge in [0.25, 0.3) is 0 Å². The van der Waals surface area contributed by atoms with E-state index in [0.717, 1.165) is 30.0 Å². The van der Waals surface area contributed by atoms with Gasteiger partial charge in [0.05, 0.1) is 16.4 Å². The molecule has 2 N–H and O–H groups in total. The Bertz CT molecular complexity index is 902. The van der Waals surface area contributed by atoms with E-state index in [-0.39, 0.29) is 0 Å². The van der Waals surface area contributed by atoms with Crippen molar-refractivity contribution < 1.29 is 0 Å². The summed E-state index contributed by atoms with van der Waals surface area (Å²) in [5.74, 6) is 1.16. The largest absolute Gasteiger partial charge is 0.353 e. The number of likely N-dealkylation sites (N-methyl/N-ethyl adjacent to an activating group) is 1. The second kappa shape index (κ2) is 8.99. The van der Waals surface area contributed by atoms with Gasteiger partial charge in [-0.3, -0.25) is 4.98 Å². The molecule has 0 spiro atoms. The molecule has 2 aromatic heterocycles. The van der Waals surface area contributed by atoms with Crippen LogP contribution >= 0.6 is 23.2 Å². The second-order valence-corrected chi connectivity index (χ2v) is 7.03. The van der Waals surface area contributed by atoms with Gasteiger partial charge in [-0.25, -0.2) is 4.98 Å². The lowest BCUT2D eigenvalue weighted by atomic mass is 10.2. The molecule has 0 aliphatic heterocycles. The van der Waals surface area contributed by atoms with E-state index in [1.54, 1.807) is 24.5 Å². The van der Waals surface area contributed by atoms with Crippen molar-refractivity contribution in [2.24, 2.45) is 0 Å². The Balaban J connectivity index is 1.91. The second-order valence-electron chi connectivity index (χ2n) is 6.18. The molecule has 0 saturated carbocycles. The number of anilines is 3. The summed E-state index contributed by atoms with van der Waals surface area (Å²) >= 11 is 12.2. The fraction of sp³-hybridized carbons (Fsp3) is 0.211. The summed E-state index contributed by atoms with van der Waals surface area (Å²) in [7, 11) is 4.04. The minimum atomic E-state index is 0.520. The van der Waals surface area contributed by atoms with Crippen LogP contribution in [0.25, 0.3) is 11.3 Å². The Morgan fingerprint density at radius 1 is 1.07 bits per heavy atom. The molecule has 0 radical (unpaired) electrons. The number of aromatic nitrogens is 3. The molecular formula is C19H20Cl2N6. The molecule has 0 saturated heterocycles. The van der Waals surface area contributed by atoms with Crippen molar-refractivity contribution in [3.05, 3.63) is 58.8 Å². The normalized spacial score (nSPS) is 10.9. The molecule has 140 valence electrons. The first-order valence-electron chi connectivity index (χ1n) is 8.41. The minimum Gasteiger partial charge on any atom is -0.353 e. The molecule has 3 rings (SSSR count). The first-order valence-corrected chi connectivity index (χ1v) is 9.17. The number of halogens is 2. The molecule has 0 aliphatic carbocycles. The number of hydrogen-bond acceptors (Lipinski definition) is 6. The lowest BCUT2D eigenvalue weighted by Crippen LogP contribution is -2.21. The van der Waals surface area contributed by atoms with Gasteiger partial charge in [-0.1, -0.05) is 23.2 Å². The Labute approximate surface area is 168 Å². The van der Waals surface area contributed by atoms with Crippen LogP contribution in [0.2, 0.25) is 10.0 Å². The van der Waals surface area contributed by atoms with Crippen LogP contribution in [0, 0.1) is 0 Å². The van der Waals surface area contributed by atoms with Gasteiger partial charge < -0.3 is 15.5 Å². The average Bonchev–Trinajstić information content (AvgIpc) is 2.64. The van der Waals surface area contributed by atoms with Crippen molar-refractivity contribution >= 4 is 40.7 Å². The zero-order valence-electron chi connectivity index (χ0n) is 15.1. The molecular weight excluding hydrogens is 383 g/mol. The predicted molar refractivity (Wildman–Crippen MR) is 112 cm³/mol. The summed E-state index contributed by atoms with van der Waals surface area (Å²) in [6.07, 6.45) is 3.50. The fourth-order valence-electron chi connectivity index (χ4n) is 2.37. The Morgan fingerprint density at radius 3 is 2.63 bits per heavy atom. The molecule has 0 atom stereocenters. The van der Waals surface area contributed by atoms with Crippen LogP contribution < -0.4 is 10.6 Å². The molecule has 0 aliphatic rings. The highest BCUT2D eigenvalue weighted by Crippen LogP contribution is 2.29. The van der Waals surface area contributed by atoms with E-state index in [1.807, 2.05) is 38.4 Å². The van der Waals surface area contributed by atoms with Crippen LogP contribution in [0.4, 0.5) is 17.5 Å². The lowest BCUT2D eigenvalue weighted by Gasteiger charge is -2.14. The van der Waals surface area contributed by atoms with Crippen LogP contribution in [0.3, 0.4) is 0 Å². The number of pyridine rings is 1. The third kappa shape index (κ3) is 5.53. The monoisotopic (exact) mass is 402 g/mol. The standard InChI is InChI=1S/C19H20Cl2N6/c1-27(2)9-8-23-19-25-17(13-4-3-7-22-12-13)11-18(26-19)24-16-6-5-14(20)10-15(16)21/h3-7,10-12H,8-9H2,1-2H3,(H2,23,24,25,26). The van der Waals surface area contributed by atoms with Crippen LogP contribution in [0.15, 0.2) is 48.8 Å². The van der Waals surface area contributed by atoms with Crippen LogP contribution in [0.5, 0.6) is 0 Å². The van der Waals surface area contributed by atoms with E-state index in [4.69, 9.17) is 23.2 Å². The average molecular weight is 403 g/mol. The lowest BCUT2D eigenvalue weighted by molar-refractivity contribution is 0.425. The number of benzene rings is 1. The van der Waals surface area contributed by atoms with Crippen molar-refractivity contribution in [2.45, 2.75) is 0 Å². The maximum Gasteiger partial charge on any atom is 0.225 e. The van der Waals surface area contributed by atoms with Crippen LogP contribution in [-0.2, 0) is 0 Å². The van der Waals surface area contributed by atoms with Gasteiger partial charge in [-0.2, -0.15) is 4.98 Å². The van der Waals surface area contributed by atoms with Gasteiger partial charge in [-0.05, 0) is 44.4 Å². The van der Waals surface area contributed by atoms with Gasteiger partial charge >= 0.3 is 0 Å². The molecule has 0 fully saturated rings. The summed E-state index contributed by atoms with van der Waals surface area (Å²) < 4.78 is 0. The zero-order valence-corrected chi connectivity index (χ0v) is 16.6. The summed E-state index contributed by atoms with van der Waals surface area (Å²) in [6.45, 7) is 1.59.